The number of fused-ring (bicyclic) bond motifs is 1. The van der Waals surface area contributed by atoms with Crippen molar-refractivity contribution in [2.24, 2.45) is 5.73 Å². The first-order valence-corrected chi connectivity index (χ1v) is 6.70. The molecule has 2 aliphatic rings. The average Bonchev–Trinajstić information content (AvgIpc) is 2.94. The van der Waals surface area contributed by atoms with Crippen LogP contribution in [0.1, 0.15) is 23.2 Å². The average molecular weight is 262 g/mol. The van der Waals surface area contributed by atoms with Crippen LogP contribution < -0.4 is 15.2 Å². The summed E-state index contributed by atoms with van der Waals surface area (Å²) in [7, 11) is 0. The fourth-order valence-corrected chi connectivity index (χ4v) is 2.69. The van der Waals surface area contributed by atoms with Crippen LogP contribution in [0.2, 0.25) is 0 Å². The predicted molar refractivity (Wildman–Crippen MR) is 70.5 cm³/mol. The zero-order valence-corrected chi connectivity index (χ0v) is 10.8. The number of likely N-dealkylation sites (tertiary alicyclic amines) is 1. The third-order valence-electron chi connectivity index (χ3n) is 3.70. The number of amides is 1. The van der Waals surface area contributed by atoms with Gasteiger partial charge in [0.2, 0.25) is 0 Å². The van der Waals surface area contributed by atoms with Gasteiger partial charge in [0.1, 0.15) is 13.2 Å². The van der Waals surface area contributed by atoms with Gasteiger partial charge in [-0.15, -0.1) is 0 Å². The number of benzene rings is 1. The topological polar surface area (TPSA) is 64.8 Å². The van der Waals surface area contributed by atoms with Crippen molar-refractivity contribution >= 4 is 5.91 Å². The van der Waals surface area contributed by atoms with Crippen LogP contribution in [-0.2, 0) is 0 Å². The van der Waals surface area contributed by atoms with Crippen molar-refractivity contribution in [3.05, 3.63) is 23.8 Å². The van der Waals surface area contributed by atoms with Gasteiger partial charge < -0.3 is 20.1 Å². The van der Waals surface area contributed by atoms with E-state index >= 15 is 0 Å². The van der Waals surface area contributed by atoms with E-state index < -0.39 is 0 Å². The highest BCUT2D eigenvalue weighted by Crippen LogP contribution is 2.31. The van der Waals surface area contributed by atoms with Gasteiger partial charge in [0.25, 0.3) is 5.91 Å². The molecule has 5 heteroatoms. The summed E-state index contributed by atoms with van der Waals surface area (Å²) in [5, 5.41) is 0. The van der Waals surface area contributed by atoms with E-state index in [1.165, 1.54) is 0 Å². The van der Waals surface area contributed by atoms with E-state index in [0.717, 1.165) is 19.4 Å². The van der Waals surface area contributed by atoms with Crippen LogP contribution in [0.25, 0.3) is 0 Å². The molecule has 5 nitrogen and oxygen atoms in total. The number of carbonyl (C=O) groups is 1. The molecule has 2 heterocycles. The highest BCUT2D eigenvalue weighted by atomic mass is 16.6. The van der Waals surface area contributed by atoms with Crippen molar-refractivity contribution in [1.82, 2.24) is 4.90 Å². The van der Waals surface area contributed by atoms with E-state index in [1.54, 1.807) is 18.2 Å². The summed E-state index contributed by atoms with van der Waals surface area (Å²) in [6, 6.07) is 5.53. The minimum Gasteiger partial charge on any atom is -0.486 e. The smallest absolute Gasteiger partial charge is 0.254 e. The highest BCUT2D eigenvalue weighted by molar-refractivity contribution is 5.95. The zero-order chi connectivity index (χ0) is 13.2. The Morgan fingerprint density at radius 3 is 2.89 bits per heavy atom. The molecule has 1 amide bonds. The van der Waals surface area contributed by atoms with Gasteiger partial charge in [-0.05, 0) is 31.0 Å². The molecule has 0 radical (unpaired) electrons. The van der Waals surface area contributed by atoms with Crippen molar-refractivity contribution < 1.29 is 14.3 Å². The molecular formula is C14H18N2O3. The van der Waals surface area contributed by atoms with Crippen molar-refractivity contribution in [2.75, 3.05) is 26.3 Å². The third kappa shape index (κ3) is 2.26. The van der Waals surface area contributed by atoms with Gasteiger partial charge in [0.15, 0.2) is 11.5 Å². The number of nitrogens with two attached hydrogens (primary N) is 1. The second-order valence-electron chi connectivity index (χ2n) is 4.89. The number of rotatable bonds is 2. The zero-order valence-electron chi connectivity index (χ0n) is 10.8. The molecule has 0 bridgehead atoms. The van der Waals surface area contributed by atoms with Gasteiger partial charge in [-0.2, -0.15) is 0 Å². The van der Waals surface area contributed by atoms with Gasteiger partial charge in [0.05, 0.1) is 0 Å². The van der Waals surface area contributed by atoms with Crippen molar-refractivity contribution in [3.8, 4) is 11.5 Å². The standard InChI is InChI=1S/C14H18N2O3/c15-9-11-2-1-5-16(11)14(17)10-3-4-12-13(8-10)19-7-6-18-12/h3-4,8,11H,1-2,5-7,9,15H2/t11-/m0/s1. The number of hydrogen-bond acceptors (Lipinski definition) is 4. The van der Waals surface area contributed by atoms with E-state index in [0.29, 0.717) is 36.8 Å². The van der Waals surface area contributed by atoms with Crippen molar-refractivity contribution in [2.45, 2.75) is 18.9 Å². The lowest BCUT2D eigenvalue weighted by Gasteiger charge is -2.24. The van der Waals surface area contributed by atoms with Gasteiger partial charge in [-0.1, -0.05) is 0 Å². The third-order valence-corrected chi connectivity index (χ3v) is 3.70. The first-order chi connectivity index (χ1) is 9.29. The molecule has 1 saturated heterocycles. The summed E-state index contributed by atoms with van der Waals surface area (Å²) in [6.45, 7) is 2.40. The number of carbonyl (C=O) groups excluding carboxylic acids is 1. The lowest BCUT2D eigenvalue weighted by molar-refractivity contribution is 0.0740. The Labute approximate surface area is 112 Å². The molecule has 0 aromatic heterocycles. The normalized spacial score (nSPS) is 21.5. The van der Waals surface area contributed by atoms with E-state index in [2.05, 4.69) is 0 Å². The van der Waals surface area contributed by atoms with Crippen LogP contribution in [0.15, 0.2) is 18.2 Å². The molecule has 1 aromatic rings. The molecule has 102 valence electrons. The quantitative estimate of drug-likeness (QED) is 0.864. The lowest BCUT2D eigenvalue weighted by atomic mass is 10.1. The minimum absolute atomic E-state index is 0.0323. The fraction of sp³-hybridized carbons (Fsp3) is 0.500. The molecule has 1 fully saturated rings. The maximum Gasteiger partial charge on any atom is 0.254 e. The first kappa shape index (κ1) is 12.3. The Morgan fingerprint density at radius 2 is 2.11 bits per heavy atom. The van der Waals surface area contributed by atoms with Crippen LogP contribution in [0, 0.1) is 0 Å². The molecule has 0 saturated carbocycles. The molecule has 1 aromatic carbocycles. The predicted octanol–water partition coefficient (Wildman–Crippen LogP) is 1.02. The van der Waals surface area contributed by atoms with Gasteiger partial charge >= 0.3 is 0 Å². The maximum atomic E-state index is 12.5. The molecule has 2 aliphatic heterocycles. The molecule has 1 atom stereocenters. The summed E-state index contributed by atoms with van der Waals surface area (Å²) < 4.78 is 11.0. The molecule has 0 spiro atoms. The molecule has 2 N–H and O–H groups in total. The number of ether oxygens (including phenoxy) is 2. The van der Waals surface area contributed by atoms with Crippen LogP contribution in [0.5, 0.6) is 11.5 Å². The van der Waals surface area contributed by atoms with Crippen LogP contribution in [-0.4, -0.2) is 43.2 Å². The Bertz CT molecular complexity index is 490. The highest BCUT2D eigenvalue weighted by Gasteiger charge is 2.29. The van der Waals surface area contributed by atoms with E-state index in [4.69, 9.17) is 15.2 Å². The van der Waals surface area contributed by atoms with E-state index in [1.807, 2.05) is 4.90 Å². The van der Waals surface area contributed by atoms with Crippen molar-refractivity contribution in [3.63, 3.8) is 0 Å². The molecule has 3 rings (SSSR count). The van der Waals surface area contributed by atoms with Crippen LogP contribution in [0.4, 0.5) is 0 Å². The Morgan fingerprint density at radius 1 is 1.32 bits per heavy atom. The second kappa shape index (κ2) is 5.09. The van der Waals surface area contributed by atoms with Gasteiger partial charge in [0, 0.05) is 24.7 Å². The summed E-state index contributed by atoms with van der Waals surface area (Å²) in [5.41, 5.74) is 6.36. The van der Waals surface area contributed by atoms with Gasteiger partial charge in [-0.25, -0.2) is 0 Å². The van der Waals surface area contributed by atoms with Crippen LogP contribution >= 0.6 is 0 Å². The summed E-state index contributed by atoms with van der Waals surface area (Å²) in [4.78, 5) is 14.3. The molecule has 0 aliphatic carbocycles. The lowest BCUT2D eigenvalue weighted by Crippen LogP contribution is -2.39. The summed E-state index contributed by atoms with van der Waals surface area (Å²) in [5.74, 6) is 1.39. The fourth-order valence-electron chi connectivity index (χ4n) is 2.69. The number of nitrogens with zero attached hydrogens (tertiary/aromatic N) is 1. The SMILES string of the molecule is NC[C@@H]1CCCN1C(=O)c1ccc2c(c1)OCCO2. The Hall–Kier alpha value is -1.75. The summed E-state index contributed by atoms with van der Waals surface area (Å²) >= 11 is 0. The Kier molecular flexibility index (Phi) is 3.29. The van der Waals surface area contributed by atoms with Crippen LogP contribution in [0.3, 0.4) is 0 Å². The minimum atomic E-state index is 0.0323. The second-order valence-corrected chi connectivity index (χ2v) is 4.89. The largest absolute Gasteiger partial charge is 0.486 e. The van der Waals surface area contributed by atoms with Crippen molar-refractivity contribution in [1.29, 1.82) is 0 Å². The van der Waals surface area contributed by atoms with Gasteiger partial charge in [-0.3, -0.25) is 4.79 Å². The van der Waals surface area contributed by atoms with E-state index in [-0.39, 0.29) is 11.9 Å². The van der Waals surface area contributed by atoms with E-state index in [9.17, 15) is 4.79 Å². The monoisotopic (exact) mass is 262 g/mol. The molecule has 19 heavy (non-hydrogen) atoms. The Balaban J connectivity index is 1.83. The molecule has 0 unspecified atom stereocenters. The summed E-state index contributed by atoms with van der Waals surface area (Å²) in [6.07, 6.45) is 2.02. The maximum absolute atomic E-state index is 12.5. The first-order valence-electron chi connectivity index (χ1n) is 6.70. The number of hydrogen-bond donors (Lipinski definition) is 1. The molecular weight excluding hydrogens is 244 g/mol.